The van der Waals surface area contributed by atoms with Crippen LogP contribution in [0.3, 0.4) is 0 Å². The molecule has 1 aliphatic rings. The number of nitrogens with one attached hydrogen (secondary N) is 1. The molecule has 27 heavy (non-hydrogen) atoms. The Morgan fingerprint density at radius 2 is 2.11 bits per heavy atom. The van der Waals surface area contributed by atoms with E-state index in [0.717, 1.165) is 41.5 Å². The van der Waals surface area contributed by atoms with Crippen molar-refractivity contribution in [3.05, 3.63) is 54.0 Å². The van der Waals surface area contributed by atoms with Crippen molar-refractivity contribution in [1.29, 1.82) is 0 Å². The van der Waals surface area contributed by atoms with Crippen LogP contribution in [0.5, 0.6) is 0 Å². The van der Waals surface area contributed by atoms with E-state index in [2.05, 4.69) is 10.1 Å². The minimum Gasteiger partial charge on any atom is -0.480 e. The maximum absolute atomic E-state index is 12.8. The molecule has 1 amide bonds. The number of likely N-dealkylation sites (tertiary alicyclic amines) is 1. The van der Waals surface area contributed by atoms with Gasteiger partial charge in [0.15, 0.2) is 0 Å². The number of carboxylic acid groups (broad SMARTS) is 1. The highest BCUT2D eigenvalue weighted by Crippen LogP contribution is 2.27. The number of benzene rings is 1. The highest BCUT2D eigenvalue weighted by atomic mass is 16.4. The van der Waals surface area contributed by atoms with E-state index in [1.54, 1.807) is 6.20 Å². The van der Waals surface area contributed by atoms with E-state index in [-0.39, 0.29) is 18.4 Å². The Hall–Kier alpha value is -3.09. The second-order valence-electron chi connectivity index (χ2n) is 7.05. The first kappa shape index (κ1) is 17.3. The normalized spacial score (nSPS) is 17.3. The third-order valence-corrected chi connectivity index (χ3v) is 5.17. The fourth-order valence-electron chi connectivity index (χ4n) is 3.82. The largest absolute Gasteiger partial charge is 0.480 e. The fraction of sp³-hybridized carbons (Fsp3) is 0.350. The summed E-state index contributed by atoms with van der Waals surface area (Å²) in [6.45, 7) is 1.24. The van der Waals surface area contributed by atoms with Crippen molar-refractivity contribution in [2.75, 3.05) is 13.1 Å². The number of rotatable bonds is 5. The lowest BCUT2D eigenvalue weighted by molar-refractivity contribution is -0.138. The number of para-hydroxylation sites is 1. The number of carbonyl (C=O) groups is 2. The van der Waals surface area contributed by atoms with Crippen LogP contribution in [0.25, 0.3) is 10.9 Å². The number of hydrogen-bond donors (Lipinski definition) is 2. The van der Waals surface area contributed by atoms with E-state index >= 15 is 0 Å². The average Bonchev–Trinajstić information content (AvgIpc) is 3.29. The van der Waals surface area contributed by atoms with Crippen molar-refractivity contribution in [2.45, 2.75) is 31.7 Å². The number of H-pyrrole nitrogens is 1. The number of piperidine rings is 1. The lowest BCUT2D eigenvalue weighted by Gasteiger charge is -2.32. The summed E-state index contributed by atoms with van der Waals surface area (Å²) in [5.74, 6) is -0.640. The SMILES string of the molecule is O=C(O)Cn1ccc([C@H]2CCCN(C(=O)Cc3c[nH]c4ccccc34)C2)n1. The molecule has 1 aliphatic heterocycles. The Bertz CT molecular complexity index is 974. The molecule has 2 aromatic heterocycles. The van der Waals surface area contributed by atoms with Crippen molar-refractivity contribution < 1.29 is 14.7 Å². The second kappa shape index (κ2) is 7.26. The molecule has 1 atom stereocenters. The zero-order chi connectivity index (χ0) is 18.8. The fourth-order valence-corrected chi connectivity index (χ4v) is 3.82. The van der Waals surface area contributed by atoms with Gasteiger partial charge in [0.25, 0.3) is 0 Å². The Morgan fingerprint density at radius 1 is 1.26 bits per heavy atom. The predicted molar refractivity (Wildman–Crippen MR) is 100 cm³/mol. The van der Waals surface area contributed by atoms with Gasteiger partial charge in [0.05, 0.1) is 12.1 Å². The summed E-state index contributed by atoms with van der Waals surface area (Å²) in [5, 5.41) is 14.3. The minimum absolute atomic E-state index is 0.120. The van der Waals surface area contributed by atoms with Crippen LogP contribution in [-0.2, 0) is 22.6 Å². The first-order valence-electron chi connectivity index (χ1n) is 9.18. The number of aliphatic carboxylic acids is 1. The Balaban J connectivity index is 1.44. The number of aromatic amines is 1. The molecule has 1 saturated heterocycles. The monoisotopic (exact) mass is 366 g/mol. The maximum atomic E-state index is 12.8. The number of aromatic nitrogens is 3. The molecule has 0 bridgehead atoms. The van der Waals surface area contributed by atoms with E-state index in [4.69, 9.17) is 5.11 Å². The zero-order valence-electron chi connectivity index (χ0n) is 15.0. The average molecular weight is 366 g/mol. The standard InChI is InChI=1S/C20H22N4O3/c25-19(10-15-11-21-18-6-2-1-5-16(15)18)23-8-3-4-14(12-23)17-7-9-24(22-17)13-20(26)27/h1-2,5-7,9,11,14,21H,3-4,8,10,12-13H2,(H,26,27)/t14-/m0/s1. The van der Waals surface area contributed by atoms with Crippen molar-refractivity contribution >= 4 is 22.8 Å². The third-order valence-electron chi connectivity index (χ3n) is 5.17. The molecule has 0 radical (unpaired) electrons. The van der Waals surface area contributed by atoms with Crippen molar-refractivity contribution in [3.63, 3.8) is 0 Å². The van der Waals surface area contributed by atoms with E-state index in [1.165, 1.54) is 4.68 Å². The molecule has 140 valence electrons. The molecular weight excluding hydrogens is 344 g/mol. The molecule has 0 unspecified atom stereocenters. The van der Waals surface area contributed by atoms with E-state index in [1.807, 2.05) is 41.4 Å². The first-order chi connectivity index (χ1) is 13.1. The van der Waals surface area contributed by atoms with E-state index in [9.17, 15) is 9.59 Å². The van der Waals surface area contributed by atoms with Crippen molar-refractivity contribution in [2.24, 2.45) is 0 Å². The van der Waals surface area contributed by atoms with Gasteiger partial charge in [0, 0.05) is 42.3 Å². The van der Waals surface area contributed by atoms with Gasteiger partial charge in [-0.25, -0.2) is 0 Å². The number of hydrogen-bond acceptors (Lipinski definition) is 3. The van der Waals surface area contributed by atoms with Gasteiger partial charge in [0.1, 0.15) is 6.54 Å². The molecule has 0 saturated carbocycles. The van der Waals surface area contributed by atoms with Crippen molar-refractivity contribution in [3.8, 4) is 0 Å². The summed E-state index contributed by atoms with van der Waals surface area (Å²) in [6, 6.07) is 9.86. The molecule has 4 rings (SSSR count). The Labute approximate surface area is 156 Å². The molecule has 3 heterocycles. The molecule has 2 N–H and O–H groups in total. The van der Waals surface area contributed by atoms with Crippen LogP contribution >= 0.6 is 0 Å². The van der Waals surface area contributed by atoms with E-state index in [0.29, 0.717) is 13.0 Å². The van der Waals surface area contributed by atoms with Crippen LogP contribution in [-0.4, -0.2) is 49.7 Å². The summed E-state index contributed by atoms with van der Waals surface area (Å²) in [7, 11) is 0. The minimum atomic E-state index is -0.913. The number of fused-ring (bicyclic) bond motifs is 1. The lowest BCUT2D eigenvalue weighted by Crippen LogP contribution is -2.40. The summed E-state index contributed by atoms with van der Waals surface area (Å²) in [4.78, 5) is 28.8. The topological polar surface area (TPSA) is 91.2 Å². The number of nitrogens with zero attached hydrogens (tertiary/aromatic N) is 3. The highest BCUT2D eigenvalue weighted by Gasteiger charge is 2.26. The maximum Gasteiger partial charge on any atom is 0.325 e. The summed E-state index contributed by atoms with van der Waals surface area (Å²) >= 11 is 0. The van der Waals surface area contributed by atoms with Crippen LogP contribution in [0.2, 0.25) is 0 Å². The van der Waals surface area contributed by atoms with Gasteiger partial charge < -0.3 is 15.0 Å². The van der Waals surface area contributed by atoms with Gasteiger partial charge in [-0.3, -0.25) is 14.3 Å². The van der Waals surface area contributed by atoms with Gasteiger partial charge in [0.2, 0.25) is 5.91 Å². The van der Waals surface area contributed by atoms with Gasteiger partial charge in [-0.2, -0.15) is 5.10 Å². The lowest BCUT2D eigenvalue weighted by atomic mass is 9.94. The predicted octanol–water partition coefficient (Wildman–Crippen LogP) is 2.40. The molecule has 7 nitrogen and oxygen atoms in total. The third kappa shape index (κ3) is 3.72. The highest BCUT2D eigenvalue weighted by molar-refractivity contribution is 5.88. The van der Waals surface area contributed by atoms with Crippen LogP contribution in [0.15, 0.2) is 42.7 Å². The van der Waals surface area contributed by atoms with Gasteiger partial charge in [-0.15, -0.1) is 0 Å². The molecule has 7 heteroatoms. The molecule has 1 aromatic carbocycles. The van der Waals surface area contributed by atoms with Crippen LogP contribution in [0, 0.1) is 0 Å². The second-order valence-corrected chi connectivity index (χ2v) is 7.05. The summed E-state index contributed by atoms with van der Waals surface area (Å²) in [5.41, 5.74) is 2.92. The molecular formula is C20H22N4O3. The molecule has 3 aromatic rings. The molecule has 1 fully saturated rings. The quantitative estimate of drug-likeness (QED) is 0.725. The van der Waals surface area contributed by atoms with Gasteiger partial charge in [-0.1, -0.05) is 18.2 Å². The van der Waals surface area contributed by atoms with Crippen LogP contribution < -0.4 is 0 Å². The van der Waals surface area contributed by atoms with Gasteiger partial charge in [-0.05, 0) is 30.5 Å². The van der Waals surface area contributed by atoms with Crippen LogP contribution in [0.1, 0.15) is 30.0 Å². The number of carboxylic acids is 1. The number of amides is 1. The first-order valence-corrected chi connectivity index (χ1v) is 9.18. The molecule has 0 spiro atoms. The molecule has 0 aliphatic carbocycles. The summed E-state index contributed by atoms with van der Waals surface area (Å²) in [6.07, 6.45) is 5.87. The number of carbonyl (C=O) groups excluding carboxylic acids is 1. The Morgan fingerprint density at radius 3 is 2.96 bits per heavy atom. The van der Waals surface area contributed by atoms with E-state index < -0.39 is 5.97 Å². The van der Waals surface area contributed by atoms with Gasteiger partial charge >= 0.3 is 5.97 Å². The summed E-state index contributed by atoms with van der Waals surface area (Å²) < 4.78 is 1.43. The van der Waals surface area contributed by atoms with Crippen LogP contribution in [0.4, 0.5) is 0 Å². The zero-order valence-corrected chi connectivity index (χ0v) is 15.0. The smallest absolute Gasteiger partial charge is 0.325 e. The Kier molecular flexibility index (Phi) is 4.66. The van der Waals surface area contributed by atoms with Crippen molar-refractivity contribution in [1.82, 2.24) is 19.7 Å².